The first-order chi connectivity index (χ1) is 8.54. The van der Waals surface area contributed by atoms with E-state index in [9.17, 15) is 4.79 Å². The summed E-state index contributed by atoms with van der Waals surface area (Å²) in [7, 11) is 0. The minimum absolute atomic E-state index is 0.151. The van der Waals surface area contributed by atoms with E-state index in [4.69, 9.17) is 22.5 Å². The molecular formula is C12H16ClN3O2. The Labute approximate surface area is 111 Å². The van der Waals surface area contributed by atoms with E-state index in [2.05, 4.69) is 10.5 Å². The van der Waals surface area contributed by atoms with E-state index in [1.807, 2.05) is 13.0 Å². The molecule has 18 heavy (non-hydrogen) atoms. The number of carbonyl (C=O) groups excluding carboxylic acids is 1. The molecule has 0 bridgehead atoms. The average molecular weight is 270 g/mol. The fourth-order valence-corrected chi connectivity index (χ4v) is 1.74. The number of hydrogen-bond acceptors (Lipinski definition) is 3. The van der Waals surface area contributed by atoms with Gasteiger partial charge in [0.05, 0.1) is 10.6 Å². The van der Waals surface area contributed by atoms with Crippen molar-refractivity contribution in [3.05, 3.63) is 34.3 Å². The molecule has 0 radical (unpaired) electrons. The molecule has 0 spiro atoms. The minimum atomic E-state index is -0.223. The van der Waals surface area contributed by atoms with Gasteiger partial charge in [-0.1, -0.05) is 22.8 Å². The second-order valence-corrected chi connectivity index (χ2v) is 4.34. The molecule has 0 fully saturated rings. The highest BCUT2D eigenvalue weighted by molar-refractivity contribution is 6.33. The number of benzene rings is 1. The number of nitrogens with one attached hydrogen (secondary N) is 1. The fraction of sp³-hybridized carbons (Fsp3) is 0.333. The lowest BCUT2D eigenvalue weighted by atomic mass is 10.1. The summed E-state index contributed by atoms with van der Waals surface area (Å²) >= 11 is 5.98. The Morgan fingerprint density at radius 3 is 2.89 bits per heavy atom. The van der Waals surface area contributed by atoms with Crippen molar-refractivity contribution in [2.45, 2.75) is 19.8 Å². The normalized spacial score (nSPS) is 11.3. The van der Waals surface area contributed by atoms with Crippen molar-refractivity contribution < 1.29 is 10.0 Å². The van der Waals surface area contributed by atoms with Crippen LogP contribution in [0.15, 0.2) is 23.4 Å². The Morgan fingerprint density at radius 2 is 2.28 bits per heavy atom. The molecule has 1 aromatic rings. The zero-order chi connectivity index (χ0) is 13.5. The highest BCUT2D eigenvalue weighted by Crippen LogP contribution is 2.17. The summed E-state index contributed by atoms with van der Waals surface area (Å²) in [5.41, 5.74) is 6.76. The number of amides is 1. The molecule has 0 aliphatic rings. The number of hydrogen-bond donors (Lipinski definition) is 3. The Kier molecular flexibility index (Phi) is 5.45. The molecule has 0 aliphatic carbocycles. The van der Waals surface area contributed by atoms with Crippen LogP contribution in [-0.4, -0.2) is 23.5 Å². The number of amidine groups is 1. The van der Waals surface area contributed by atoms with E-state index in [1.165, 1.54) is 0 Å². The molecule has 5 nitrogen and oxygen atoms in total. The van der Waals surface area contributed by atoms with Gasteiger partial charge in [-0.3, -0.25) is 4.79 Å². The SMILES string of the molecule is Cc1ccc(C(=O)NCCC/C(N)=N/O)c(Cl)c1. The van der Waals surface area contributed by atoms with Crippen molar-refractivity contribution in [2.75, 3.05) is 6.54 Å². The Hall–Kier alpha value is -1.75. The van der Waals surface area contributed by atoms with E-state index < -0.39 is 0 Å². The molecule has 0 atom stereocenters. The molecule has 1 aromatic carbocycles. The third-order valence-corrected chi connectivity index (χ3v) is 2.71. The number of rotatable bonds is 5. The largest absolute Gasteiger partial charge is 0.409 e. The first kappa shape index (κ1) is 14.3. The van der Waals surface area contributed by atoms with Gasteiger partial charge >= 0.3 is 0 Å². The number of nitrogens with two attached hydrogens (primary N) is 1. The quantitative estimate of drug-likeness (QED) is 0.251. The molecule has 4 N–H and O–H groups in total. The van der Waals surface area contributed by atoms with Crippen molar-refractivity contribution in [2.24, 2.45) is 10.9 Å². The van der Waals surface area contributed by atoms with Gasteiger partial charge in [0.15, 0.2) is 0 Å². The van der Waals surface area contributed by atoms with Crippen LogP contribution >= 0.6 is 11.6 Å². The molecule has 1 amide bonds. The standard InChI is InChI=1S/C12H16ClN3O2/c1-8-4-5-9(10(13)7-8)12(17)15-6-2-3-11(14)16-18/h4-5,7,18H,2-3,6H2,1H3,(H2,14,16)(H,15,17). The lowest BCUT2D eigenvalue weighted by Gasteiger charge is -2.07. The van der Waals surface area contributed by atoms with Gasteiger partial charge in [-0.15, -0.1) is 0 Å². The number of halogens is 1. The van der Waals surface area contributed by atoms with E-state index >= 15 is 0 Å². The van der Waals surface area contributed by atoms with Crippen LogP contribution < -0.4 is 11.1 Å². The third-order valence-electron chi connectivity index (χ3n) is 2.39. The van der Waals surface area contributed by atoms with E-state index in [-0.39, 0.29) is 11.7 Å². The molecule has 0 saturated heterocycles. The zero-order valence-electron chi connectivity index (χ0n) is 10.1. The predicted octanol–water partition coefficient (Wildman–Crippen LogP) is 1.90. The number of aryl methyl sites for hydroxylation is 1. The average Bonchev–Trinajstić information content (AvgIpc) is 2.34. The van der Waals surface area contributed by atoms with Gasteiger partial charge in [-0.25, -0.2) is 0 Å². The van der Waals surface area contributed by atoms with Crippen molar-refractivity contribution in [1.82, 2.24) is 5.32 Å². The third kappa shape index (κ3) is 4.25. The van der Waals surface area contributed by atoms with E-state index in [0.717, 1.165) is 5.56 Å². The topological polar surface area (TPSA) is 87.7 Å². The molecule has 0 aromatic heterocycles. The number of carbonyl (C=O) groups is 1. The second-order valence-electron chi connectivity index (χ2n) is 3.93. The smallest absolute Gasteiger partial charge is 0.252 e. The van der Waals surface area contributed by atoms with Gasteiger partial charge in [-0.2, -0.15) is 0 Å². The first-order valence-electron chi connectivity index (χ1n) is 5.55. The van der Waals surface area contributed by atoms with Crippen LogP contribution in [0, 0.1) is 6.92 Å². The summed E-state index contributed by atoms with van der Waals surface area (Å²) in [5.74, 6) is -0.0721. The summed E-state index contributed by atoms with van der Waals surface area (Å²) in [5, 5.41) is 14.3. The molecule has 0 heterocycles. The molecule has 98 valence electrons. The molecule has 0 aliphatic heterocycles. The maximum Gasteiger partial charge on any atom is 0.252 e. The lowest BCUT2D eigenvalue weighted by Crippen LogP contribution is -2.25. The molecule has 1 rings (SSSR count). The van der Waals surface area contributed by atoms with Crippen LogP contribution in [0.5, 0.6) is 0 Å². The summed E-state index contributed by atoms with van der Waals surface area (Å²) in [6.45, 7) is 2.35. The molecule has 6 heteroatoms. The zero-order valence-corrected chi connectivity index (χ0v) is 10.9. The summed E-state index contributed by atoms with van der Waals surface area (Å²) in [4.78, 5) is 11.8. The van der Waals surface area contributed by atoms with Crippen molar-refractivity contribution in [3.8, 4) is 0 Å². The van der Waals surface area contributed by atoms with Crippen LogP contribution in [-0.2, 0) is 0 Å². The van der Waals surface area contributed by atoms with Gasteiger partial charge in [0.1, 0.15) is 5.84 Å². The van der Waals surface area contributed by atoms with Crippen molar-refractivity contribution in [1.29, 1.82) is 0 Å². The van der Waals surface area contributed by atoms with Crippen LogP contribution in [0.1, 0.15) is 28.8 Å². The summed E-state index contributed by atoms with van der Waals surface area (Å²) in [6, 6.07) is 5.26. The van der Waals surface area contributed by atoms with E-state index in [1.54, 1.807) is 12.1 Å². The fourth-order valence-electron chi connectivity index (χ4n) is 1.42. The first-order valence-corrected chi connectivity index (χ1v) is 5.93. The highest BCUT2D eigenvalue weighted by atomic mass is 35.5. The molecule has 0 unspecified atom stereocenters. The van der Waals surface area contributed by atoms with Gasteiger partial charge in [0, 0.05) is 13.0 Å². The van der Waals surface area contributed by atoms with Crippen LogP contribution in [0.25, 0.3) is 0 Å². The predicted molar refractivity (Wildman–Crippen MR) is 71.2 cm³/mol. The van der Waals surface area contributed by atoms with Gasteiger partial charge in [0.2, 0.25) is 0 Å². The van der Waals surface area contributed by atoms with Crippen molar-refractivity contribution >= 4 is 23.3 Å². The molecule has 0 saturated carbocycles. The minimum Gasteiger partial charge on any atom is -0.409 e. The Balaban J connectivity index is 2.46. The second kappa shape index (κ2) is 6.86. The maximum atomic E-state index is 11.8. The van der Waals surface area contributed by atoms with Crippen molar-refractivity contribution in [3.63, 3.8) is 0 Å². The van der Waals surface area contributed by atoms with E-state index in [0.29, 0.717) is 30.0 Å². The van der Waals surface area contributed by atoms with Gasteiger partial charge in [-0.05, 0) is 31.0 Å². The Morgan fingerprint density at radius 1 is 1.56 bits per heavy atom. The number of nitrogens with zero attached hydrogens (tertiary/aromatic N) is 1. The van der Waals surface area contributed by atoms with Gasteiger partial charge in [0.25, 0.3) is 5.91 Å². The van der Waals surface area contributed by atoms with Crippen LogP contribution in [0.4, 0.5) is 0 Å². The lowest BCUT2D eigenvalue weighted by molar-refractivity contribution is 0.0953. The maximum absolute atomic E-state index is 11.8. The molecular weight excluding hydrogens is 254 g/mol. The summed E-state index contributed by atoms with van der Waals surface area (Å²) in [6.07, 6.45) is 1.03. The Bertz CT molecular complexity index is 461. The van der Waals surface area contributed by atoms with Crippen LogP contribution in [0.3, 0.4) is 0 Å². The summed E-state index contributed by atoms with van der Waals surface area (Å²) < 4.78 is 0. The van der Waals surface area contributed by atoms with Crippen LogP contribution in [0.2, 0.25) is 5.02 Å². The van der Waals surface area contributed by atoms with Gasteiger partial charge < -0.3 is 16.3 Å². The highest BCUT2D eigenvalue weighted by Gasteiger charge is 2.09. The number of oxime groups is 1. The monoisotopic (exact) mass is 269 g/mol.